The fourth-order valence-electron chi connectivity index (χ4n) is 1.87. The van der Waals surface area contributed by atoms with Gasteiger partial charge in [0, 0.05) is 31.0 Å². The van der Waals surface area contributed by atoms with Crippen molar-refractivity contribution in [3.63, 3.8) is 0 Å². The number of para-hydroxylation sites is 1. The van der Waals surface area contributed by atoms with Gasteiger partial charge in [0.2, 0.25) is 0 Å². The van der Waals surface area contributed by atoms with E-state index in [1.54, 1.807) is 6.20 Å². The van der Waals surface area contributed by atoms with Crippen LogP contribution in [0.2, 0.25) is 0 Å². The predicted molar refractivity (Wildman–Crippen MR) is 69.0 cm³/mol. The number of aromatic nitrogens is 1. The third-order valence-corrected chi connectivity index (χ3v) is 2.78. The van der Waals surface area contributed by atoms with Gasteiger partial charge < -0.3 is 5.32 Å². The molecule has 3 nitrogen and oxygen atoms in total. The van der Waals surface area contributed by atoms with E-state index < -0.39 is 0 Å². The lowest BCUT2D eigenvalue weighted by Gasteiger charge is -2.05. The summed E-state index contributed by atoms with van der Waals surface area (Å²) in [5.74, 6) is 0.260. The summed E-state index contributed by atoms with van der Waals surface area (Å²) in [5.41, 5.74) is 2.02. The number of benzene rings is 1. The average molecular weight is 228 g/mol. The summed E-state index contributed by atoms with van der Waals surface area (Å²) < 4.78 is 0. The number of hydrogen-bond donors (Lipinski definition) is 1. The molecule has 2 aromatic rings. The minimum absolute atomic E-state index is 0.260. The Morgan fingerprint density at radius 3 is 2.94 bits per heavy atom. The molecule has 2 rings (SSSR count). The van der Waals surface area contributed by atoms with Crippen molar-refractivity contribution in [2.24, 2.45) is 0 Å². The molecule has 1 aromatic carbocycles. The van der Waals surface area contributed by atoms with Crippen molar-refractivity contribution in [1.29, 1.82) is 0 Å². The normalized spacial score (nSPS) is 10.6. The van der Waals surface area contributed by atoms with Gasteiger partial charge in [0.1, 0.15) is 5.78 Å². The molecule has 88 valence electrons. The number of Topliss-reactive ketones (excluding diaryl/α,β-unsaturated/α-hetero) is 1. The molecule has 17 heavy (non-hydrogen) atoms. The standard InChI is InChI=1S/C14H16N2O/c1-15-8-7-12(17)10-11-6-9-16-14-5-3-2-4-13(11)14/h2-6,9,15H,7-8,10H2,1H3. The van der Waals surface area contributed by atoms with Crippen molar-refractivity contribution in [1.82, 2.24) is 10.3 Å². The van der Waals surface area contributed by atoms with Crippen LogP contribution in [0.3, 0.4) is 0 Å². The van der Waals surface area contributed by atoms with Crippen LogP contribution in [0.4, 0.5) is 0 Å². The van der Waals surface area contributed by atoms with Gasteiger partial charge in [-0.2, -0.15) is 0 Å². The highest BCUT2D eigenvalue weighted by atomic mass is 16.1. The highest BCUT2D eigenvalue weighted by Gasteiger charge is 2.06. The molecule has 3 heteroatoms. The molecule has 0 aliphatic heterocycles. The van der Waals surface area contributed by atoms with Gasteiger partial charge in [-0.3, -0.25) is 9.78 Å². The van der Waals surface area contributed by atoms with E-state index in [2.05, 4.69) is 10.3 Å². The average Bonchev–Trinajstić information content (AvgIpc) is 2.37. The number of carbonyl (C=O) groups excluding carboxylic acids is 1. The first-order valence-corrected chi connectivity index (χ1v) is 5.80. The summed E-state index contributed by atoms with van der Waals surface area (Å²) in [6.45, 7) is 0.738. The van der Waals surface area contributed by atoms with Crippen molar-refractivity contribution in [2.45, 2.75) is 12.8 Å². The number of nitrogens with zero attached hydrogens (tertiary/aromatic N) is 1. The summed E-state index contributed by atoms with van der Waals surface area (Å²) in [6, 6.07) is 9.85. The number of pyridine rings is 1. The molecular formula is C14H16N2O. The molecule has 0 unspecified atom stereocenters. The summed E-state index contributed by atoms with van der Waals surface area (Å²) in [6.07, 6.45) is 2.83. The Morgan fingerprint density at radius 1 is 1.29 bits per heavy atom. The third kappa shape index (κ3) is 2.88. The van der Waals surface area contributed by atoms with E-state index in [4.69, 9.17) is 0 Å². The SMILES string of the molecule is CNCCC(=O)Cc1ccnc2ccccc12. The zero-order valence-electron chi connectivity index (χ0n) is 9.94. The molecule has 0 aliphatic carbocycles. The van der Waals surface area contributed by atoms with Crippen LogP contribution in [0.5, 0.6) is 0 Å². The topological polar surface area (TPSA) is 42.0 Å². The fourth-order valence-corrected chi connectivity index (χ4v) is 1.87. The first-order valence-electron chi connectivity index (χ1n) is 5.80. The van der Waals surface area contributed by atoms with Crippen LogP contribution in [0, 0.1) is 0 Å². The number of rotatable bonds is 5. The van der Waals surface area contributed by atoms with E-state index in [0.717, 1.165) is 23.0 Å². The zero-order chi connectivity index (χ0) is 12.1. The Labute approximate surface area is 101 Å². The smallest absolute Gasteiger partial charge is 0.138 e. The fraction of sp³-hybridized carbons (Fsp3) is 0.286. The van der Waals surface area contributed by atoms with Crippen LogP contribution in [0.25, 0.3) is 10.9 Å². The maximum Gasteiger partial charge on any atom is 0.138 e. The number of nitrogens with one attached hydrogen (secondary N) is 1. The molecule has 0 atom stereocenters. The van der Waals surface area contributed by atoms with Gasteiger partial charge in [-0.15, -0.1) is 0 Å². The molecule has 1 aromatic heterocycles. The van der Waals surface area contributed by atoms with Gasteiger partial charge in [-0.05, 0) is 24.7 Å². The summed E-state index contributed by atoms with van der Waals surface area (Å²) in [7, 11) is 1.86. The quantitative estimate of drug-likeness (QED) is 0.850. The van der Waals surface area contributed by atoms with Crippen molar-refractivity contribution in [2.75, 3.05) is 13.6 Å². The van der Waals surface area contributed by atoms with Crippen molar-refractivity contribution in [3.05, 3.63) is 42.1 Å². The number of hydrogen-bond acceptors (Lipinski definition) is 3. The Bertz CT molecular complexity index is 517. The largest absolute Gasteiger partial charge is 0.319 e. The summed E-state index contributed by atoms with van der Waals surface area (Å²) in [5, 5.41) is 4.07. The number of ketones is 1. The monoisotopic (exact) mass is 228 g/mol. The van der Waals surface area contributed by atoms with Gasteiger partial charge in [-0.25, -0.2) is 0 Å². The van der Waals surface area contributed by atoms with Gasteiger partial charge in [0.05, 0.1) is 5.52 Å². The van der Waals surface area contributed by atoms with E-state index in [1.807, 2.05) is 37.4 Å². The van der Waals surface area contributed by atoms with Gasteiger partial charge in [-0.1, -0.05) is 18.2 Å². The molecule has 0 radical (unpaired) electrons. The second-order valence-electron chi connectivity index (χ2n) is 4.06. The van der Waals surface area contributed by atoms with Crippen molar-refractivity contribution < 1.29 is 4.79 Å². The molecule has 0 spiro atoms. The zero-order valence-corrected chi connectivity index (χ0v) is 9.94. The van der Waals surface area contributed by atoms with E-state index >= 15 is 0 Å². The van der Waals surface area contributed by atoms with E-state index in [9.17, 15) is 4.79 Å². The molecule has 0 fully saturated rings. The summed E-state index contributed by atoms with van der Waals surface area (Å²) >= 11 is 0. The van der Waals surface area contributed by atoms with Crippen molar-refractivity contribution in [3.8, 4) is 0 Å². The van der Waals surface area contributed by atoms with Crippen LogP contribution in [-0.2, 0) is 11.2 Å². The lowest BCUT2D eigenvalue weighted by molar-refractivity contribution is -0.118. The Balaban J connectivity index is 2.21. The molecule has 0 saturated heterocycles. The van der Waals surface area contributed by atoms with E-state index in [1.165, 1.54) is 0 Å². The van der Waals surface area contributed by atoms with E-state index in [-0.39, 0.29) is 5.78 Å². The first kappa shape index (κ1) is 11.7. The lowest BCUT2D eigenvalue weighted by atomic mass is 10.0. The molecule has 0 saturated carbocycles. The van der Waals surface area contributed by atoms with Crippen LogP contribution in [0.1, 0.15) is 12.0 Å². The van der Waals surface area contributed by atoms with Crippen LogP contribution in [0.15, 0.2) is 36.5 Å². The highest BCUT2D eigenvalue weighted by Crippen LogP contribution is 2.16. The van der Waals surface area contributed by atoms with Gasteiger partial charge >= 0.3 is 0 Å². The van der Waals surface area contributed by atoms with Crippen LogP contribution in [-0.4, -0.2) is 24.4 Å². The Kier molecular flexibility index (Phi) is 3.83. The molecular weight excluding hydrogens is 212 g/mol. The highest BCUT2D eigenvalue weighted by molar-refractivity contribution is 5.88. The maximum absolute atomic E-state index is 11.8. The maximum atomic E-state index is 11.8. The van der Waals surface area contributed by atoms with E-state index in [0.29, 0.717) is 12.8 Å². The van der Waals surface area contributed by atoms with Crippen molar-refractivity contribution >= 4 is 16.7 Å². The van der Waals surface area contributed by atoms with Gasteiger partial charge in [0.15, 0.2) is 0 Å². The second-order valence-corrected chi connectivity index (χ2v) is 4.06. The molecule has 0 aliphatic rings. The predicted octanol–water partition coefficient (Wildman–Crippen LogP) is 1.96. The first-order chi connectivity index (χ1) is 8.31. The minimum atomic E-state index is 0.260. The minimum Gasteiger partial charge on any atom is -0.319 e. The lowest BCUT2D eigenvalue weighted by Crippen LogP contribution is -2.14. The molecule has 0 amide bonds. The van der Waals surface area contributed by atoms with Crippen LogP contribution >= 0.6 is 0 Å². The molecule has 1 N–H and O–H groups in total. The molecule has 0 bridgehead atoms. The van der Waals surface area contributed by atoms with Gasteiger partial charge in [0.25, 0.3) is 0 Å². The Hall–Kier alpha value is -1.74. The summed E-state index contributed by atoms with van der Waals surface area (Å²) in [4.78, 5) is 16.0. The molecule has 1 heterocycles. The Morgan fingerprint density at radius 2 is 2.12 bits per heavy atom. The number of fused-ring (bicyclic) bond motifs is 1. The van der Waals surface area contributed by atoms with Crippen LogP contribution < -0.4 is 5.32 Å². The second kappa shape index (κ2) is 5.55. The third-order valence-electron chi connectivity index (χ3n) is 2.78. The number of carbonyl (C=O) groups is 1.